The van der Waals surface area contributed by atoms with Crippen LogP contribution in [0, 0.1) is 5.82 Å². The predicted molar refractivity (Wildman–Crippen MR) is 147 cm³/mol. The van der Waals surface area contributed by atoms with Crippen LogP contribution in [-0.4, -0.2) is 23.0 Å². The largest absolute Gasteiger partial charge is 0.493 e. The van der Waals surface area contributed by atoms with Gasteiger partial charge in [0.1, 0.15) is 18.2 Å². The lowest BCUT2D eigenvalue weighted by Crippen LogP contribution is -2.22. The molecule has 0 saturated heterocycles. The fraction of sp³-hybridized carbons (Fsp3) is 0.222. The van der Waals surface area contributed by atoms with Crippen LogP contribution in [0.15, 0.2) is 73.4 Å². The van der Waals surface area contributed by atoms with Crippen LogP contribution >= 0.6 is 31.9 Å². The first-order chi connectivity index (χ1) is 17.4. The SMILES string of the molecule is CCCCc1nc2ccc(Br)cc2c(=O)n1N=Cc1cc(Br)c(OCc2cccc(F)c2)c(OC)c1. The molecule has 0 aliphatic carbocycles. The summed E-state index contributed by atoms with van der Waals surface area (Å²) in [4.78, 5) is 18.0. The maximum atomic E-state index is 13.5. The molecule has 9 heteroatoms. The van der Waals surface area contributed by atoms with Gasteiger partial charge in [-0.15, -0.1) is 0 Å². The van der Waals surface area contributed by atoms with E-state index in [2.05, 4.69) is 43.9 Å². The maximum absolute atomic E-state index is 13.5. The Labute approximate surface area is 225 Å². The minimum Gasteiger partial charge on any atom is -0.493 e. The third-order valence-electron chi connectivity index (χ3n) is 5.48. The van der Waals surface area contributed by atoms with Gasteiger partial charge in [0.2, 0.25) is 0 Å². The molecule has 1 heterocycles. The third-order valence-corrected chi connectivity index (χ3v) is 6.56. The second-order valence-corrected chi connectivity index (χ2v) is 9.88. The molecule has 6 nitrogen and oxygen atoms in total. The summed E-state index contributed by atoms with van der Waals surface area (Å²) in [6, 6.07) is 15.3. The van der Waals surface area contributed by atoms with Gasteiger partial charge in [-0.2, -0.15) is 9.78 Å². The third kappa shape index (κ3) is 6.02. The topological polar surface area (TPSA) is 65.7 Å². The molecule has 186 valence electrons. The summed E-state index contributed by atoms with van der Waals surface area (Å²) in [7, 11) is 1.54. The number of fused-ring (bicyclic) bond motifs is 1. The van der Waals surface area contributed by atoms with Crippen molar-refractivity contribution in [1.82, 2.24) is 9.66 Å². The highest BCUT2D eigenvalue weighted by molar-refractivity contribution is 9.10. The average Bonchev–Trinajstić information content (AvgIpc) is 2.86. The second-order valence-electron chi connectivity index (χ2n) is 8.11. The first kappa shape index (κ1) is 26.0. The van der Waals surface area contributed by atoms with Gasteiger partial charge in [-0.1, -0.05) is 41.4 Å². The van der Waals surface area contributed by atoms with Crippen LogP contribution in [-0.2, 0) is 13.0 Å². The lowest BCUT2D eigenvalue weighted by molar-refractivity contribution is 0.282. The summed E-state index contributed by atoms with van der Waals surface area (Å²) in [6.45, 7) is 2.26. The Morgan fingerprint density at radius 2 is 1.97 bits per heavy atom. The number of halogens is 3. The van der Waals surface area contributed by atoms with Gasteiger partial charge in [-0.05, 0) is 75.9 Å². The van der Waals surface area contributed by atoms with Crippen molar-refractivity contribution in [3.63, 3.8) is 0 Å². The van der Waals surface area contributed by atoms with E-state index < -0.39 is 0 Å². The van der Waals surface area contributed by atoms with Gasteiger partial charge in [-0.25, -0.2) is 9.37 Å². The summed E-state index contributed by atoms with van der Waals surface area (Å²) in [6.07, 6.45) is 4.08. The number of aromatic nitrogens is 2. The molecular formula is C27H24Br2FN3O3. The summed E-state index contributed by atoms with van der Waals surface area (Å²) < 4.78 is 27.7. The van der Waals surface area contributed by atoms with Gasteiger partial charge in [0.25, 0.3) is 5.56 Å². The zero-order valence-corrected chi connectivity index (χ0v) is 23.0. The lowest BCUT2D eigenvalue weighted by Gasteiger charge is -2.14. The molecule has 0 aliphatic rings. The molecule has 0 spiro atoms. The molecule has 0 bridgehead atoms. The first-order valence-electron chi connectivity index (χ1n) is 11.4. The molecule has 4 rings (SSSR count). The predicted octanol–water partition coefficient (Wildman–Crippen LogP) is 6.87. The van der Waals surface area contributed by atoms with E-state index >= 15 is 0 Å². The highest BCUT2D eigenvalue weighted by Crippen LogP contribution is 2.37. The number of rotatable bonds is 9. The van der Waals surface area contributed by atoms with E-state index in [-0.39, 0.29) is 18.0 Å². The molecule has 0 saturated carbocycles. The van der Waals surface area contributed by atoms with Crippen molar-refractivity contribution in [2.45, 2.75) is 32.8 Å². The molecule has 0 atom stereocenters. The summed E-state index contributed by atoms with van der Waals surface area (Å²) >= 11 is 6.95. The normalized spacial score (nSPS) is 11.4. The molecule has 0 radical (unpaired) electrons. The minimum atomic E-state index is -0.322. The first-order valence-corrected chi connectivity index (χ1v) is 13.0. The highest BCUT2D eigenvalue weighted by Gasteiger charge is 2.14. The van der Waals surface area contributed by atoms with Gasteiger partial charge in [-0.3, -0.25) is 4.79 Å². The van der Waals surface area contributed by atoms with Crippen molar-refractivity contribution in [1.29, 1.82) is 0 Å². The number of unbranched alkanes of at least 4 members (excludes halogenated alkanes) is 1. The Morgan fingerprint density at radius 3 is 2.72 bits per heavy atom. The Balaban J connectivity index is 1.67. The van der Waals surface area contributed by atoms with Crippen molar-refractivity contribution >= 4 is 49.0 Å². The van der Waals surface area contributed by atoms with E-state index in [9.17, 15) is 9.18 Å². The molecule has 0 fully saturated rings. The smallest absolute Gasteiger partial charge is 0.282 e. The zero-order chi connectivity index (χ0) is 25.7. The van der Waals surface area contributed by atoms with Crippen LogP contribution in [0.5, 0.6) is 11.5 Å². The van der Waals surface area contributed by atoms with E-state index in [4.69, 9.17) is 14.5 Å². The maximum Gasteiger partial charge on any atom is 0.282 e. The van der Waals surface area contributed by atoms with Crippen molar-refractivity contribution in [3.05, 3.63) is 96.7 Å². The fourth-order valence-corrected chi connectivity index (χ4v) is 4.61. The van der Waals surface area contributed by atoms with Crippen LogP contribution in [0.3, 0.4) is 0 Å². The molecule has 0 unspecified atom stereocenters. The fourth-order valence-electron chi connectivity index (χ4n) is 3.67. The zero-order valence-electron chi connectivity index (χ0n) is 19.8. The Hall–Kier alpha value is -3.04. The number of nitrogens with zero attached hydrogens (tertiary/aromatic N) is 3. The van der Waals surface area contributed by atoms with Crippen molar-refractivity contribution in [2.24, 2.45) is 5.10 Å². The van der Waals surface area contributed by atoms with Gasteiger partial charge < -0.3 is 9.47 Å². The van der Waals surface area contributed by atoms with Crippen LogP contribution in [0.2, 0.25) is 0 Å². The number of ether oxygens (including phenoxy) is 2. The van der Waals surface area contributed by atoms with Gasteiger partial charge in [0, 0.05) is 10.9 Å². The Bertz CT molecular complexity index is 1490. The molecule has 0 N–H and O–H groups in total. The van der Waals surface area contributed by atoms with Crippen molar-refractivity contribution in [2.75, 3.05) is 7.11 Å². The molecule has 36 heavy (non-hydrogen) atoms. The van der Waals surface area contributed by atoms with E-state index in [1.807, 2.05) is 18.2 Å². The minimum absolute atomic E-state index is 0.175. The molecule has 3 aromatic carbocycles. The number of aryl methyl sites for hydroxylation is 1. The molecule has 0 aliphatic heterocycles. The van der Waals surface area contributed by atoms with Crippen LogP contribution in [0.1, 0.15) is 36.7 Å². The van der Waals surface area contributed by atoms with E-state index in [1.54, 1.807) is 30.5 Å². The van der Waals surface area contributed by atoms with E-state index in [1.165, 1.54) is 23.9 Å². The molecular weight excluding hydrogens is 593 g/mol. The molecule has 1 aromatic heterocycles. The van der Waals surface area contributed by atoms with Crippen LogP contribution < -0.4 is 15.0 Å². The lowest BCUT2D eigenvalue weighted by atomic mass is 10.2. The second kappa shape index (κ2) is 11.8. The number of methoxy groups -OCH3 is 1. The number of hydrogen-bond donors (Lipinski definition) is 0. The number of benzene rings is 3. The Kier molecular flexibility index (Phi) is 8.53. The number of hydrogen-bond acceptors (Lipinski definition) is 5. The van der Waals surface area contributed by atoms with Crippen molar-refractivity contribution in [3.8, 4) is 11.5 Å². The van der Waals surface area contributed by atoms with Gasteiger partial charge in [0.05, 0.1) is 28.7 Å². The summed E-state index contributed by atoms with van der Waals surface area (Å²) in [5.41, 5.74) is 1.80. The summed E-state index contributed by atoms with van der Waals surface area (Å²) in [5, 5.41) is 4.99. The highest BCUT2D eigenvalue weighted by atomic mass is 79.9. The molecule has 4 aromatic rings. The van der Waals surface area contributed by atoms with Crippen molar-refractivity contribution < 1.29 is 13.9 Å². The average molecular weight is 617 g/mol. The monoisotopic (exact) mass is 615 g/mol. The quantitative estimate of drug-likeness (QED) is 0.192. The Morgan fingerprint density at radius 1 is 1.14 bits per heavy atom. The molecule has 0 amide bonds. The van der Waals surface area contributed by atoms with E-state index in [0.717, 1.165) is 17.3 Å². The van der Waals surface area contributed by atoms with Gasteiger partial charge in [0.15, 0.2) is 11.5 Å². The van der Waals surface area contributed by atoms with Crippen LogP contribution in [0.4, 0.5) is 4.39 Å². The van der Waals surface area contributed by atoms with Gasteiger partial charge >= 0.3 is 0 Å². The van der Waals surface area contributed by atoms with E-state index in [0.29, 0.717) is 50.2 Å². The standard InChI is InChI=1S/C27H24Br2FN3O3/c1-3-4-8-25-32-23-10-9-19(28)14-21(23)27(34)33(25)31-15-18-12-22(29)26(24(13-18)35-2)36-16-17-6-5-7-20(30)11-17/h5-7,9-15H,3-4,8,16H2,1-2H3. The summed E-state index contributed by atoms with van der Waals surface area (Å²) in [5.74, 6) is 1.24. The van der Waals surface area contributed by atoms with Crippen LogP contribution in [0.25, 0.3) is 10.9 Å².